The fourth-order valence-corrected chi connectivity index (χ4v) is 4.87. The van der Waals surface area contributed by atoms with E-state index in [1.807, 2.05) is 0 Å². The molecule has 1 aromatic carbocycles. The van der Waals surface area contributed by atoms with Crippen molar-refractivity contribution in [3.63, 3.8) is 0 Å². The van der Waals surface area contributed by atoms with Gasteiger partial charge in [0.05, 0.1) is 10.9 Å². The number of nitrogens with two attached hydrogens (primary N) is 1. The average Bonchev–Trinajstić information content (AvgIpc) is 3.00. The molecule has 1 aromatic heterocycles. The summed E-state index contributed by atoms with van der Waals surface area (Å²) in [6, 6.07) is 10.2. The van der Waals surface area contributed by atoms with E-state index in [0.717, 1.165) is 15.6 Å². The van der Waals surface area contributed by atoms with Crippen molar-refractivity contribution in [3.8, 4) is 0 Å². The van der Waals surface area contributed by atoms with Crippen LogP contribution in [0.25, 0.3) is 0 Å². The molecule has 25 heavy (non-hydrogen) atoms. The number of carbonyl (C=O) groups is 2. The van der Waals surface area contributed by atoms with E-state index in [4.69, 9.17) is 17.3 Å². The van der Waals surface area contributed by atoms with Gasteiger partial charge in [0, 0.05) is 7.05 Å². The number of sulfonamides is 1. The third kappa shape index (κ3) is 4.79. The van der Waals surface area contributed by atoms with Gasteiger partial charge in [-0.25, -0.2) is 8.42 Å². The second kappa shape index (κ2) is 7.96. The van der Waals surface area contributed by atoms with Crippen molar-refractivity contribution >= 4 is 44.8 Å². The normalized spacial score (nSPS) is 12.8. The van der Waals surface area contributed by atoms with Gasteiger partial charge in [-0.3, -0.25) is 9.59 Å². The van der Waals surface area contributed by atoms with Crippen LogP contribution in [0.15, 0.2) is 46.7 Å². The molecule has 0 spiro atoms. The number of hydrogen-bond donors (Lipinski definition) is 2. The van der Waals surface area contributed by atoms with Gasteiger partial charge in [0.15, 0.2) is 0 Å². The van der Waals surface area contributed by atoms with Gasteiger partial charge in [-0.2, -0.15) is 4.31 Å². The fraction of sp³-hybridized carbons (Fsp3) is 0.200. The van der Waals surface area contributed by atoms with Crippen molar-refractivity contribution in [2.75, 3.05) is 13.6 Å². The first-order valence-corrected chi connectivity index (χ1v) is 9.70. The van der Waals surface area contributed by atoms with Crippen LogP contribution in [0.2, 0.25) is 4.34 Å². The minimum atomic E-state index is -3.84. The number of hydrogen-bond acceptors (Lipinski definition) is 5. The molecule has 0 unspecified atom stereocenters. The summed E-state index contributed by atoms with van der Waals surface area (Å²) in [5.41, 5.74) is 5.84. The highest BCUT2D eigenvalue weighted by Crippen LogP contribution is 2.27. The first-order valence-electron chi connectivity index (χ1n) is 7.07. The highest BCUT2D eigenvalue weighted by Gasteiger charge is 2.27. The van der Waals surface area contributed by atoms with E-state index in [0.29, 0.717) is 9.90 Å². The Morgan fingerprint density at radius 2 is 1.88 bits per heavy atom. The highest BCUT2D eigenvalue weighted by molar-refractivity contribution is 7.91. The number of amides is 2. The topological polar surface area (TPSA) is 110 Å². The maximum absolute atomic E-state index is 12.4. The Labute approximate surface area is 154 Å². The van der Waals surface area contributed by atoms with Crippen LogP contribution in [0.5, 0.6) is 0 Å². The summed E-state index contributed by atoms with van der Waals surface area (Å²) in [6.07, 6.45) is 0. The summed E-state index contributed by atoms with van der Waals surface area (Å²) in [5.74, 6) is -1.39. The number of nitrogens with one attached hydrogen (secondary N) is 1. The molecule has 0 aliphatic carbocycles. The van der Waals surface area contributed by atoms with Crippen molar-refractivity contribution in [1.29, 1.82) is 0 Å². The minimum Gasteiger partial charge on any atom is -0.368 e. The minimum absolute atomic E-state index is 0.0299. The summed E-state index contributed by atoms with van der Waals surface area (Å²) < 4.78 is 26.0. The quantitative estimate of drug-likeness (QED) is 0.729. The molecule has 0 fully saturated rings. The van der Waals surface area contributed by atoms with E-state index in [1.165, 1.54) is 19.2 Å². The van der Waals surface area contributed by atoms with E-state index in [1.54, 1.807) is 30.3 Å². The molecule has 7 nitrogen and oxygen atoms in total. The first kappa shape index (κ1) is 19.4. The van der Waals surface area contributed by atoms with Crippen LogP contribution >= 0.6 is 22.9 Å². The molecule has 0 aliphatic rings. The summed E-state index contributed by atoms with van der Waals surface area (Å²) in [6.45, 7) is -0.464. The molecule has 0 saturated carbocycles. The number of benzene rings is 1. The zero-order valence-corrected chi connectivity index (χ0v) is 15.6. The van der Waals surface area contributed by atoms with Crippen molar-refractivity contribution < 1.29 is 18.0 Å². The zero-order chi connectivity index (χ0) is 18.6. The Bertz CT molecular complexity index is 868. The summed E-state index contributed by atoms with van der Waals surface area (Å²) >= 11 is 6.65. The predicted octanol–water partition coefficient (Wildman–Crippen LogP) is 1.36. The highest BCUT2D eigenvalue weighted by atomic mass is 35.5. The van der Waals surface area contributed by atoms with E-state index in [-0.39, 0.29) is 4.21 Å². The SMILES string of the molecule is CN(CC(=O)N[C@H](C(N)=O)c1ccccc1)S(=O)(=O)c1ccc(Cl)s1. The second-order valence-corrected chi connectivity index (χ2v) is 9.12. The molecule has 2 rings (SSSR count). The van der Waals surface area contributed by atoms with Crippen LogP contribution in [-0.2, 0) is 19.6 Å². The molecule has 1 atom stereocenters. The molecule has 3 N–H and O–H groups in total. The molecule has 0 saturated heterocycles. The van der Waals surface area contributed by atoms with Gasteiger partial charge < -0.3 is 11.1 Å². The van der Waals surface area contributed by atoms with E-state index >= 15 is 0 Å². The van der Waals surface area contributed by atoms with Crippen LogP contribution in [0.3, 0.4) is 0 Å². The van der Waals surface area contributed by atoms with Gasteiger partial charge in [-0.05, 0) is 17.7 Å². The van der Waals surface area contributed by atoms with Crippen LogP contribution in [-0.4, -0.2) is 38.1 Å². The molecular weight excluding hydrogens is 386 g/mol. The van der Waals surface area contributed by atoms with Gasteiger partial charge in [0.2, 0.25) is 11.8 Å². The Hall–Kier alpha value is -1.94. The lowest BCUT2D eigenvalue weighted by Crippen LogP contribution is -2.43. The van der Waals surface area contributed by atoms with Gasteiger partial charge in [-0.1, -0.05) is 41.9 Å². The lowest BCUT2D eigenvalue weighted by Gasteiger charge is -2.19. The number of primary amides is 1. The second-order valence-electron chi connectivity index (χ2n) is 5.13. The molecule has 2 amide bonds. The van der Waals surface area contributed by atoms with E-state index in [2.05, 4.69) is 5.32 Å². The summed E-state index contributed by atoms with van der Waals surface area (Å²) in [4.78, 5) is 23.8. The third-order valence-electron chi connectivity index (χ3n) is 3.30. The molecule has 134 valence electrons. The smallest absolute Gasteiger partial charge is 0.252 e. The maximum Gasteiger partial charge on any atom is 0.252 e. The number of rotatable bonds is 7. The Morgan fingerprint density at radius 3 is 2.40 bits per heavy atom. The molecule has 0 radical (unpaired) electrons. The van der Waals surface area contributed by atoms with Gasteiger partial charge in [-0.15, -0.1) is 11.3 Å². The number of thiophene rings is 1. The van der Waals surface area contributed by atoms with Crippen LogP contribution in [0.1, 0.15) is 11.6 Å². The van der Waals surface area contributed by atoms with Crippen LogP contribution < -0.4 is 11.1 Å². The number of nitrogens with zero attached hydrogens (tertiary/aromatic N) is 1. The van der Waals surface area contributed by atoms with Crippen molar-refractivity contribution in [3.05, 3.63) is 52.4 Å². The number of carbonyl (C=O) groups excluding carboxylic acids is 2. The van der Waals surface area contributed by atoms with Crippen molar-refractivity contribution in [2.45, 2.75) is 10.3 Å². The summed E-state index contributed by atoms with van der Waals surface area (Å²) in [7, 11) is -2.58. The zero-order valence-electron chi connectivity index (χ0n) is 13.2. The Balaban J connectivity index is 2.09. The van der Waals surface area contributed by atoms with Crippen LogP contribution in [0, 0.1) is 0 Å². The third-order valence-corrected chi connectivity index (χ3v) is 6.80. The number of likely N-dealkylation sites (N-methyl/N-ethyl adjacent to an activating group) is 1. The standard InChI is InChI=1S/C15H16ClN3O4S2/c1-19(25(22,23)13-8-7-11(16)24-13)9-12(20)18-14(15(17)21)10-5-3-2-4-6-10/h2-8,14H,9H2,1H3,(H2,17,21)(H,18,20)/t14-/m0/s1. The predicted molar refractivity (Wildman–Crippen MR) is 95.7 cm³/mol. The fourth-order valence-electron chi connectivity index (χ4n) is 2.05. The average molecular weight is 402 g/mol. The van der Waals surface area contributed by atoms with Gasteiger partial charge in [0.1, 0.15) is 10.3 Å². The Kier molecular flexibility index (Phi) is 6.17. The molecule has 2 aromatic rings. The monoisotopic (exact) mass is 401 g/mol. The first-order chi connectivity index (χ1) is 11.7. The molecule has 0 bridgehead atoms. The molecular formula is C15H16ClN3O4S2. The van der Waals surface area contributed by atoms with E-state index < -0.39 is 34.4 Å². The van der Waals surface area contributed by atoms with Gasteiger partial charge in [0.25, 0.3) is 10.0 Å². The lowest BCUT2D eigenvalue weighted by molar-refractivity contribution is -0.127. The maximum atomic E-state index is 12.4. The molecule has 0 aliphatic heterocycles. The van der Waals surface area contributed by atoms with Crippen molar-refractivity contribution in [1.82, 2.24) is 9.62 Å². The molecule has 1 heterocycles. The Morgan fingerprint density at radius 1 is 1.24 bits per heavy atom. The van der Waals surface area contributed by atoms with E-state index in [9.17, 15) is 18.0 Å². The lowest BCUT2D eigenvalue weighted by atomic mass is 10.1. The largest absolute Gasteiger partial charge is 0.368 e. The van der Waals surface area contributed by atoms with Crippen LogP contribution in [0.4, 0.5) is 0 Å². The van der Waals surface area contributed by atoms with Crippen molar-refractivity contribution in [2.24, 2.45) is 5.73 Å². The summed E-state index contributed by atoms with van der Waals surface area (Å²) in [5, 5.41) is 2.45. The van der Waals surface area contributed by atoms with Gasteiger partial charge >= 0.3 is 0 Å². The molecule has 10 heteroatoms. The number of halogens is 1.